The summed E-state index contributed by atoms with van der Waals surface area (Å²) >= 11 is 0. The third-order valence-corrected chi connectivity index (χ3v) is 7.27. The molecule has 0 radical (unpaired) electrons. The molecule has 0 aliphatic carbocycles. The predicted octanol–water partition coefficient (Wildman–Crippen LogP) is 4.87. The summed E-state index contributed by atoms with van der Waals surface area (Å²) in [5.74, 6) is 0.728. The molecule has 1 aliphatic heterocycles. The highest BCUT2D eigenvalue weighted by Gasteiger charge is 2.42. The number of sulfonamides is 1. The molecular weight excluding hydrogens is 410 g/mol. The van der Waals surface area contributed by atoms with E-state index >= 15 is 0 Å². The highest BCUT2D eigenvalue weighted by atomic mass is 32.2. The van der Waals surface area contributed by atoms with Gasteiger partial charge in [0.2, 0.25) is 10.0 Å². The second-order valence-electron chi connectivity index (χ2n) is 8.95. The molecule has 0 N–H and O–H groups in total. The van der Waals surface area contributed by atoms with Crippen LogP contribution < -0.4 is 4.74 Å². The van der Waals surface area contributed by atoms with Crippen LogP contribution in [0.1, 0.15) is 27.2 Å². The molecule has 164 valence electrons. The number of fused-ring (bicyclic) bond motifs is 1. The lowest BCUT2D eigenvalue weighted by atomic mass is 10.1. The van der Waals surface area contributed by atoms with Gasteiger partial charge in [-0.3, -0.25) is 0 Å². The van der Waals surface area contributed by atoms with Gasteiger partial charge in [0.25, 0.3) is 0 Å². The first kappa shape index (κ1) is 21.8. The maximum Gasteiger partial charge on any atom is 0.243 e. The summed E-state index contributed by atoms with van der Waals surface area (Å²) in [6.45, 7) is 6.56. The van der Waals surface area contributed by atoms with Crippen molar-refractivity contribution in [2.45, 2.75) is 49.8 Å². The summed E-state index contributed by atoms with van der Waals surface area (Å²) < 4.78 is 40.9. The number of hydrogen-bond acceptors (Lipinski definition) is 4. The Bertz CT molecular complexity index is 1140. The van der Waals surface area contributed by atoms with Crippen LogP contribution in [0.3, 0.4) is 0 Å². The van der Waals surface area contributed by atoms with Crippen LogP contribution >= 0.6 is 0 Å². The van der Waals surface area contributed by atoms with Crippen molar-refractivity contribution in [3.63, 3.8) is 0 Å². The van der Waals surface area contributed by atoms with Crippen LogP contribution in [0.15, 0.2) is 77.7 Å². The van der Waals surface area contributed by atoms with Crippen molar-refractivity contribution in [3.05, 3.63) is 72.8 Å². The Hall–Kier alpha value is -2.41. The van der Waals surface area contributed by atoms with E-state index < -0.39 is 10.0 Å². The summed E-state index contributed by atoms with van der Waals surface area (Å²) in [5, 5.41) is 1.92. The quantitative estimate of drug-likeness (QED) is 0.550. The smallest absolute Gasteiger partial charge is 0.243 e. The van der Waals surface area contributed by atoms with Gasteiger partial charge in [-0.05, 0) is 62.2 Å². The summed E-state index contributed by atoms with van der Waals surface area (Å²) in [7, 11) is -3.70. The Kier molecular flexibility index (Phi) is 6.06. The third-order valence-electron chi connectivity index (χ3n) is 5.36. The average Bonchev–Trinajstić information content (AvgIpc) is 3.14. The molecule has 0 spiro atoms. The molecule has 6 heteroatoms. The Morgan fingerprint density at radius 2 is 1.61 bits per heavy atom. The lowest BCUT2D eigenvalue weighted by molar-refractivity contribution is -0.0526. The van der Waals surface area contributed by atoms with E-state index in [1.807, 2.05) is 81.4 Å². The summed E-state index contributed by atoms with van der Waals surface area (Å²) in [5.41, 5.74) is -0.349. The lowest BCUT2D eigenvalue weighted by Crippen LogP contribution is -2.39. The van der Waals surface area contributed by atoms with E-state index in [0.717, 1.165) is 16.5 Å². The third kappa shape index (κ3) is 5.09. The normalized spacial score (nSPS) is 20.2. The minimum absolute atomic E-state index is 0.181. The van der Waals surface area contributed by atoms with Crippen LogP contribution in [0.4, 0.5) is 0 Å². The van der Waals surface area contributed by atoms with Crippen LogP contribution in [0.25, 0.3) is 10.8 Å². The van der Waals surface area contributed by atoms with Crippen molar-refractivity contribution in [1.29, 1.82) is 0 Å². The van der Waals surface area contributed by atoms with E-state index in [9.17, 15) is 8.42 Å². The van der Waals surface area contributed by atoms with Gasteiger partial charge in [0.05, 0.1) is 22.6 Å². The van der Waals surface area contributed by atoms with Gasteiger partial charge >= 0.3 is 0 Å². The van der Waals surface area contributed by atoms with Crippen LogP contribution in [-0.4, -0.2) is 43.6 Å². The number of para-hydroxylation sites is 1. The SMILES string of the molecule is CC(C)(C)OC1CC(COc2ccccc2)N(S(=O)(=O)c2ccc3ccccc3c2)C1. The molecule has 2 atom stereocenters. The van der Waals surface area contributed by atoms with E-state index in [-0.39, 0.29) is 24.4 Å². The summed E-state index contributed by atoms with van der Waals surface area (Å²) in [6, 6.07) is 22.2. The van der Waals surface area contributed by atoms with Gasteiger partial charge in [-0.15, -0.1) is 0 Å². The molecule has 0 saturated carbocycles. The van der Waals surface area contributed by atoms with Gasteiger partial charge in [-0.2, -0.15) is 4.31 Å². The van der Waals surface area contributed by atoms with E-state index in [2.05, 4.69) is 0 Å². The molecule has 4 rings (SSSR count). The van der Waals surface area contributed by atoms with Gasteiger partial charge in [0.15, 0.2) is 0 Å². The summed E-state index contributed by atoms with van der Waals surface area (Å²) in [4.78, 5) is 0.298. The fourth-order valence-electron chi connectivity index (χ4n) is 4.05. The number of nitrogens with zero attached hydrogens (tertiary/aromatic N) is 1. The highest BCUT2D eigenvalue weighted by molar-refractivity contribution is 7.89. The van der Waals surface area contributed by atoms with E-state index in [0.29, 0.717) is 17.9 Å². The molecule has 0 aromatic heterocycles. The van der Waals surface area contributed by atoms with Gasteiger partial charge in [0.1, 0.15) is 12.4 Å². The number of benzene rings is 3. The van der Waals surface area contributed by atoms with Crippen molar-refractivity contribution in [2.24, 2.45) is 0 Å². The Morgan fingerprint density at radius 3 is 2.32 bits per heavy atom. The van der Waals surface area contributed by atoms with Crippen molar-refractivity contribution < 1.29 is 17.9 Å². The monoisotopic (exact) mass is 439 g/mol. The van der Waals surface area contributed by atoms with Crippen LogP contribution in [0.5, 0.6) is 5.75 Å². The van der Waals surface area contributed by atoms with Crippen molar-refractivity contribution >= 4 is 20.8 Å². The molecule has 31 heavy (non-hydrogen) atoms. The first-order chi connectivity index (χ1) is 14.7. The van der Waals surface area contributed by atoms with E-state index in [4.69, 9.17) is 9.47 Å². The molecule has 3 aromatic carbocycles. The maximum atomic E-state index is 13.6. The number of ether oxygens (including phenoxy) is 2. The predicted molar refractivity (Wildman–Crippen MR) is 123 cm³/mol. The molecule has 2 unspecified atom stereocenters. The highest BCUT2D eigenvalue weighted by Crippen LogP contribution is 2.31. The zero-order chi connectivity index (χ0) is 22.1. The first-order valence-corrected chi connectivity index (χ1v) is 12.0. The van der Waals surface area contributed by atoms with Crippen LogP contribution in [-0.2, 0) is 14.8 Å². The fraction of sp³-hybridized carbons (Fsp3) is 0.360. The molecule has 1 fully saturated rings. The molecule has 1 saturated heterocycles. The van der Waals surface area contributed by atoms with Gasteiger partial charge in [-0.25, -0.2) is 8.42 Å². The van der Waals surface area contributed by atoms with Gasteiger partial charge in [0, 0.05) is 6.54 Å². The molecule has 1 heterocycles. The molecule has 5 nitrogen and oxygen atoms in total. The summed E-state index contributed by atoms with van der Waals surface area (Å²) in [6.07, 6.45) is 0.413. The standard InChI is InChI=1S/C25H29NO4S/c1-25(2,3)30-23-16-21(18-29-22-11-5-4-6-12-22)26(17-23)31(27,28)24-14-13-19-9-7-8-10-20(19)15-24/h4-15,21,23H,16-18H2,1-3H3. The van der Waals surface area contributed by atoms with Crippen molar-refractivity contribution in [1.82, 2.24) is 4.31 Å². The minimum atomic E-state index is -3.70. The van der Waals surface area contributed by atoms with E-state index in [1.54, 1.807) is 16.4 Å². The van der Waals surface area contributed by atoms with Crippen LogP contribution in [0.2, 0.25) is 0 Å². The second kappa shape index (κ2) is 8.61. The Morgan fingerprint density at radius 1 is 0.935 bits per heavy atom. The topological polar surface area (TPSA) is 55.8 Å². The second-order valence-corrected chi connectivity index (χ2v) is 10.8. The minimum Gasteiger partial charge on any atom is -0.492 e. The van der Waals surface area contributed by atoms with Crippen molar-refractivity contribution in [2.75, 3.05) is 13.2 Å². The lowest BCUT2D eigenvalue weighted by Gasteiger charge is -2.25. The largest absolute Gasteiger partial charge is 0.492 e. The maximum absolute atomic E-state index is 13.6. The van der Waals surface area contributed by atoms with E-state index in [1.165, 1.54) is 0 Å². The number of hydrogen-bond donors (Lipinski definition) is 0. The first-order valence-electron chi connectivity index (χ1n) is 10.6. The van der Waals surface area contributed by atoms with Crippen molar-refractivity contribution in [3.8, 4) is 5.75 Å². The average molecular weight is 440 g/mol. The zero-order valence-corrected chi connectivity index (χ0v) is 19.0. The Labute approximate surface area is 184 Å². The van der Waals surface area contributed by atoms with Crippen LogP contribution in [0, 0.1) is 0 Å². The number of rotatable bonds is 6. The van der Waals surface area contributed by atoms with Gasteiger partial charge < -0.3 is 9.47 Å². The zero-order valence-electron chi connectivity index (χ0n) is 18.2. The van der Waals surface area contributed by atoms with Gasteiger partial charge in [-0.1, -0.05) is 48.5 Å². The molecule has 3 aromatic rings. The molecule has 0 bridgehead atoms. The molecule has 0 amide bonds. The molecular formula is C25H29NO4S. The Balaban J connectivity index is 1.61. The molecule has 1 aliphatic rings. The fourth-order valence-corrected chi connectivity index (χ4v) is 5.74.